The van der Waals surface area contributed by atoms with E-state index < -0.39 is 0 Å². The Morgan fingerprint density at radius 2 is 1.83 bits per heavy atom. The van der Waals surface area contributed by atoms with Crippen LogP contribution in [0.5, 0.6) is 5.75 Å². The van der Waals surface area contributed by atoms with E-state index in [4.69, 9.17) is 9.47 Å². The molecule has 3 rings (SSSR count). The molecule has 0 radical (unpaired) electrons. The molecule has 1 fully saturated rings. The summed E-state index contributed by atoms with van der Waals surface area (Å²) in [6.45, 7) is 6.19. The van der Waals surface area contributed by atoms with E-state index in [2.05, 4.69) is 12.1 Å². The lowest BCUT2D eigenvalue weighted by Gasteiger charge is -2.10. The maximum Gasteiger partial charge on any atom is 0.338 e. The van der Waals surface area contributed by atoms with Gasteiger partial charge >= 0.3 is 5.97 Å². The fourth-order valence-electron chi connectivity index (χ4n) is 2.60. The minimum Gasteiger partial charge on any atom is -0.497 e. The van der Waals surface area contributed by atoms with Crippen molar-refractivity contribution in [2.45, 2.75) is 39.5 Å². The smallest absolute Gasteiger partial charge is 0.338 e. The van der Waals surface area contributed by atoms with Gasteiger partial charge in [0.15, 0.2) is 0 Å². The number of esters is 1. The number of ether oxygens (including phenoxy) is 2. The summed E-state index contributed by atoms with van der Waals surface area (Å²) in [6.07, 6.45) is 2.49. The standard InChI is InChI=1S/C19H20O3.C2H6/c1-3-22-19(20)15-6-4-5-14(9-15)17-10-16(13-7-8-13)11-18(12-17)21-2;1-2/h4-6,9-13H,3,7-8H2,1-2H3;1-2H3. The summed E-state index contributed by atoms with van der Waals surface area (Å²) in [5, 5.41) is 0. The number of methoxy groups -OCH3 is 1. The van der Waals surface area contributed by atoms with E-state index in [0.29, 0.717) is 18.1 Å². The monoisotopic (exact) mass is 326 g/mol. The average Bonchev–Trinajstić information content (AvgIpc) is 3.48. The van der Waals surface area contributed by atoms with Crippen LogP contribution in [0.3, 0.4) is 0 Å². The van der Waals surface area contributed by atoms with Crippen molar-refractivity contribution in [3.8, 4) is 16.9 Å². The van der Waals surface area contributed by atoms with Gasteiger partial charge in [0.1, 0.15) is 5.75 Å². The molecular formula is C21H26O3. The summed E-state index contributed by atoms with van der Waals surface area (Å²) in [5.41, 5.74) is 3.98. The van der Waals surface area contributed by atoms with Gasteiger partial charge in [0.05, 0.1) is 19.3 Å². The summed E-state index contributed by atoms with van der Waals surface area (Å²) in [7, 11) is 1.69. The molecule has 3 nitrogen and oxygen atoms in total. The van der Waals surface area contributed by atoms with Crippen LogP contribution in [0.4, 0.5) is 0 Å². The van der Waals surface area contributed by atoms with Gasteiger partial charge in [-0.25, -0.2) is 4.79 Å². The first-order chi connectivity index (χ1) is 11.7. The van der Waals surface area contributed by atoms with Crippen LogP contribution in [0.15, 0.2) is 42.5 Å². The minimum absolute atomic E-state index is 0.283. The average molecular weight is 326 g/mol. The van der Waals surface area contributed by atoms with Crippen LogP contribution < -0.4 is 4.74 Å². The zero-order chi connectivity index (χ0) is 17.5. The van der Waals surface area contributed by atoms with Gasteiger partial charge in [-0.2, -0.15) is 0 Å². The predicted molar refractivity (Wildman–Crippen MR) is 97.7 cm³/mol. The van der Waals surface area contributed by atoms with Crippen molar-refractivity contribution in [3.05, 3.63) is 53.6 Å². The second-order valence-corrected chi connectivity index (χ2v) is 5.57. The zero-order valence-electron chi connectivity index (χ0n) is 15.0. The topological polar surface area (TPSA) is 35.5 Å². The SMILES string of the molecule is CC.CCOC(=O)c1cccc(-c2cc(OC)cc(C3CC3)c2)c1. The molecule has 0 unspecified atom stereocenters. The van der Waals surface area contributed by atoms with Crippen LogP contribution >= 0.6 is 0 Å². The summed E-state index contributed by atoms with van der Waals surface area (Å²) < 4.78 is 10.5. The first kappa shape index (κ1) is 18.1. The van der Waals surface area contributed by atoms with Gasteiger partial charge in [-0.3, -0.25) is 0 Å². The molecule has 1 aliphatic rings. The second-order valence-electron chi connectivity index (χ2n) is 5.57. The van der Waals surface area contributed by atoms with E-state index in [0.717, 1.165) is 16.9 Å². The van der Waals surface area contributed by atoms with Crippen LogP contribution in [0.2, 0.25) is 0 Å². The molecule has 0 aromatic heterocycles. The van der Waals surface area contributed by atoms with E-state index in [-0.39, 0.29) is 5.97 Å². The van der Waals surface area contributed by atoms with Crippen LogP contribution in [0.1, 0.15) is 55.5 Å². The molecule has 0 bridgehead atoms. The maximum atomic E-state index is 11.9. The number of benzene rings is 2. The first-order valence-corrected chi connectivity index (χ1v) is 8.67. The molecule has 0 saturated heterocycles. The largest absolute Gasteiger partial charge is 0.497 e. The zero-order valence-corrected chi connectivity index (χ0v) is 15.0. The Morgan fingerprint density at radius 3 is 2.46 bits per heavy atom. The van der Waals surface area contributed by atoms with Crippen molar-refractivity contribution in [2.24, 2.45) is 0 Å². The molecule has 128 valence electrons. The highest BCUT2D eigenvalue weighted by Crippen LogP contribution is 2.42. The van der Waals surface area contributed by atoms with Crippen LogP contribution in [-0.4, -0.2) is 19.7 Å². The number of carbonyl (C=O) groups is 1. The summed E-state index contributed by atoms with van der Waals surface area (Å²) in [4.78, 5) is 11.9. The summed E-state index contributed by atoms with van der Waals surface area (Å²) >= 11 is 0. The first-order valence-electron chi connectivity index (χ1n) is 8.67. The van der Waals surface area contributed by atoms with Crippen LogP contribution in [0.25, 0.3) is 11.1 Å². The lowest BCUT2D eigenvalue weighted by molar-refractivity contribution is 0.0526. The van der Waals surface area contributed by atoms with Gasteiger partial charge in [-0.15, -0.1) is 0 Å². The Hall–Kier alpha value is -2.29. The highest BCUT2D eigenvalue weighted by atomic mass is 16.5. The summed E-state index contributed by atoms with van der Waals surface area (Å²) in [6, 6.07) is 13.9. The third kappa shape index (κ3) is 4.38. The van der Waals surface area contributed by atoms with Crippen LogP contribution in [0, 0.1) is 0 Å². The molecule has 3 heteroatoms. The molecule has 0 spiro atoms. The van der Waals surface area contributed by atoms with Crippen molar-refractivity contribution in [1.82, 2.24) is 0 Å². The van der Waals surface area contributed by atoms with Gasteiger partial charge in [0.25, 0.3) is 0 Å². The number of carbonyl (C=O) groups excluding carboxylic acids is 1. The van der Waals surface area contributed by atoms with Crippen molar-refractivity contribution in [3.63, 3.8) is 0 Å². The molecule has 2 aromatic rings. The van der Waals surface area contributed by atoms with E-state index >= 15 is 0 Å². The van der Waals surface area contributed by atoms with Gasteiger partial charge in [-0.1, -0.05) is 32.0 Å². The van der Waals surface area contributed by atoms with Crippen LogP contribution in [-0.2, 0) is 4.74 Å². The molecule has 1 aliphatic carbocycles. The molecule has 0 N–H and O–H groups in total. The van der Waals surface area contributed by atoms with Crippen molar-refractivity contribution in [2.75, 3.05) is 13.7 Å². The van der Waals surface area contributed by atoms with E-state index in [1.165, 1.54) is 18.4 Å². The molecule has 1 saturated carbocycles. The van der Waals surface area contributed by atoms with Crippen molar-refractivity contribution >= 4 is 5.97 Å². The quantitative estimate of drug-likeness (QED) is 0.686. The van der Waals surface area contributed by atoms with Gasteiger partial charge < -0.3 is 9.47 Å². The van der Waals surface area contributed by atoms with E-state index in [1.807, 2.05) is 45.0 Å². The van der Waals surface area contributed by atoms with Gasteiger partial charge in [-0.05, 0) is 66.6 Å². The van der Waals surface area contributed by atoms with E-state index in [9.17, 15) is 4.79 Å². The molecule has 0 aliphatic heterocycles. The Labute approximate surface area is 144 Å². The fourth-order valence-corrected chi connectivity index (χ4v) is 2.60. The third-order valence-electron chi connectivity index (χ3n) is 3.92. The second kappa shape index (κ2) is 8.53. The Kier molecular flexibility index (Phi) is 6.42. The van der Waals surface area contributed by atoms with E-state index in [1.54, 1.807) is 13.2 Å². The molecule has 0 atom stereocenters. The Morgan fingerprint density at radius 1 is 1.08 bits per heavy atom. The Bertz CT molecular complexity index is 687. The highest BCUT2D eigenvalue weighted by molar-refractivity contribution is 5.91. The molecule has 2 aromatic carbocycles. The third-order valence-corrected chi connectivity index (χ3v) is 3.92. The lowest BCUT2D eigenvalue weighted by atomic mass is 9.99. The lowest BCUT2D eigenvalue weighted by Crippen LogP contribution is -2.04. The predicted octanol–water partition coefficient (Wildman–Crippen LogP) is 5.44. The summed E-state index contributed by atoms with van der Waals surface area (Å²) in [5.74, 6) is 1.23. The van der Waals surface area contributed by atoms with Crippen molar-refractivity contribution in [1.29, 1.82) is 0 Å². The maximum absolute atomic E-state index is 11.9. The molecule has 24 heavy (non-hydrogen) atoms. The number of hydrogen-bond donors (Lipinski definition) is 0. The normalized spacial score (nSPS) is 12.8. The fraction of sp³-hybridized carbons (Fsp3) is 0.381. The molecule has 0 heterocycles. The molecule has 0 amide bonds. The van der Waals surface area contributed by atoms with Gasteiger partial charge in [0.2, 0.25) is 0 Å². The Balaban J connectivity index is 0.00000100. The highest BCUT2D eigenvalue weighted by Gasteiger charge is 2.24. The minimum atomic E-state index is -0.283. The molecular weight excluding hydrogens is 300 g/mol. The van der Waals surface area contributed by atoms with Gasteiger partial charge in [0, 0.05) is 0 Å². The number of rotatable bonds is 5. The van der Waals surface area contributed by atoms with Crippen molar-refractivity contribution < 1.29 is 14.3 Å². The number of hydrogen-bond acceptors (Lipinski definition) is 3.